The van der Waals surface area contributed by atoms with E-state index in [9.17, 15) is 0 Å². The number of aryl methyl sites for hydroxylation is 2. The summed E-state index contributed by atoms with van der Waals surface area (Å²) in [6, 6.07) is 0. The highest BCUT2D eigenvalue weighted by Crippen LogP contribution is 2.06. The smallest absolute Gasteiger partial charge is 0.144 e. The van der Waals surface area contributed by atoms with E-state index < -0.39 is 0 Å². The minimum Gasteiger partial charge on any atom is -0.369 e. The normalized spacial score (nSPS) is 10.4. The van der Waals surface area contributed by atoms with E-state index in [1.807, 2.05) is 13.8 Å². The summed E-state index contributed by atoms with van der Waals surface area (Å²) in [6.45, 7) is 4.91. The maximum Gasteiger partial charge on any atom is 0.144 e. The van der Waals surface area contributed by atoms with Gasteiger partial charge in [-0.15, -0.1) is 11.6 Å². The van der Waals surface area contributed by atoms with Crippen LogP contribution in [-0.4, -0.2) is 22.4 Å². The van der Waals surface area contributed by atoms with E-state index in [4.69, 9.17) is 11.6 Å². The molecule has 0 aromatic carbocycles. The number of nitrogens with one attached hydrogen (secondary N) is 1. The van der Waals surface area contributed by atoms with Crippen LogP contribution in [0.25, 0.3) is 0 Å². The van der Waals surface area contributed by atoms with Gasteiger partial charge in [-0.3, -0.25) is 4.98 Å². The summed E-state index contributed by atoms with van der Waals surface area (Å²) in [7, 11) is 0. The van der Waals surface area contributed by atoms with Crippen molar-refractivity contribution in [3.8, 4) is 0 Å². The Bertz CT molecular complexity index is 315. The highest BCUT2D eigenvalue weighted by Gasteiger charge is 1.98. The molecule has 0 saturated carbocycles. The zero-order valence-corrected chi connectivity index (χ0v) is 10.8. The van der Waals surface area contributed by atoms with Crippen LogP contribution in [0.1, 0.15) is 37.1 Å². The average Bonchev–Trinajstić information content (AvgIpc) is 2.28. The number of unbranched alkanes of at least 4 members (excludes halogenated alkanes) is 3. The number of alkyl halides is 1. The maximum atomic E-state index is 5.61. The Hall–Kier alpha value is -0.830. The summed E-state index contributed by atoms with van der Waals surface area (Å²) < 4.78 is 0. The summed E-state index contributed by atoms with van der Waals surface area (Å²) in [5.74, 6) is 1.65. The summed E-state index contributed by atoms with van der Waals surface area (Å²) in [6.07, 6.45) is 6.50. The molecule has 0 aliphatic heterocycles. The Morgan fingerprint density at radius 2 is 1.88 bits per heavy atom. The van der Waals surface area contributed by atoms with E-state index >= 15 is 0 Å². The van der Waals surface area contributed by atoms with Crippen LogP contribution in [0.4, 0.5) is 5.82 Å². The van der Waals surface area contributed by atoms with Crippen LogP contribution in [0.15, 0.2) is 6.20 Å². The van der Waals surface area contributed by atoms with E-state index in [2.05, 4.69) is 15.3 Å². The number of halogens is 1. The molecule has 0 bridgehead atoms. The van der Waals surface area contributed by atoms with Crippen molar-refractivity contribution in [2.24, 2.45) is 0 Å². The first kappa shape index (κ1) is 13.2. The van der Waals surface area contributed by atoms with Crippen LogP contribution in [-0.2, 0) is 0 Å². The van der Waals surface area contributed by atoms with Gasteiger partial charge >= 0.3 is 0 Å². The predicted octanol–water partition coefficient (Wildman–Crippen LogP) is 3.30. The zero-order chi connectivity index (χ0) is 11.8. The standard InChI is InChI=1S/C12H20ClN3/c1-10-11(2)16-12(9-15-10)14-8-6-4-3-5-7-13/h9H,3-8H2,1-2H3,(H,14,16). The van der Waals surface area contributed by atoms with E-state index in [1.165, 1.54) is 12.8 Å². The zero-order valence-electron chi connectivity index (χ0n) is 10.1. The molecule has 1 N–H and O–H groups in total. The lowest BCUT2D eigenvalue weighted by Crippen LogP contribution is -2.05. The lowest BCUT2D eigenvalue weighted by Gasteiger charge is -2.06. The first-order valence-electron chi connectivity index (χ1n) is 5.84. The Morgan fingerprint density at radius 3 is 2.56 bits per heavy atom. The molecular formula is C12H20ClN3. The monoisotopic (exact) mass is 241 g/mol. The minimum atomic E-state index is 0.774. The van der Waals surface area contributed by atoms with Gasteiger partial charge < -0.3 is 5.32 Å². The minimum absolute atomic E-state index is 0.774. The Labute approximate surface area is 103 Å². The lowest BCUT2D eigenvalue weighted by molar-refractivity contribution is 0.686. The maximum absolute atomic E-state index is 5.61. The fourth-order valence-electron chi connectivity index (χ4n) is 1.42. The van der Waals surface area contributed by atoms with Gasteiger partial charge in [0.05, 0.1) is 17.6 Å². The molecule has 1 aromatic heterocycles. The molecule has 0 unspecified atom stereocenters. The van der Waals surface area contributed by atoms with Crippen molar-refractivity contribution in [2.75, 3.05) is 17.7 Å². The topological polar surface area (TPSA) is 37.8 Å². The fourth-order valence-corrected chi connectivity index (χ4v) is 1.61. The molecule has 0 saturated heterocycles. The Morgan fingerprint density at radius 1 is 1.12 bits per heavy atom. The van der Waals surface area contributed by atoms with E-state index in [0.29, 0.717) is 0 Å². The first-order chi connectivity index (χ1) is 7.74. The second-order valence-corrected chi connectivity index (χ2v) is 4.33. The number of hydrogen-bond acceptors (Lipinski definition) is 3. The van der Waals surface area contributed by atoms with Crippen LogP contribution in [0.3, 0.4) is 0 Å². The second kappa shape index (κ2) is 7.44. The van der Waals surface area contributed by atoms with Crippen molar-refractivity contribution in [3.63, 3.8) is 0 Å². The highest BCUT2D eigenvalue weighted by molar-refractivity contribution is 6.17. The molecule has 0 fully saturated rings. The van der Waals surface area contributed by atoms with E-state index in [1.54, 1.807) is 6.20 Å². The van der Waals surface area contributed by atoms with Crippen LogP contribution in [0, 0.1) is 13.8 Å². The van der Waals surface area contributed by atoms with Crippen molar-refractivity contribution < 1.29 is 0 Å². The van der Waals surface area contributed by atoms with Gasteiger partial charge in [0.1, 0.15) is 5.82 Å². The number of aromatic nitrogens is 2. The molecule has 1 heterocycles. The molecule has 0 aliphatic rings. The van der Waals surface area contributed by atoms with Gasteiger partial charge in [0.25, 0.3) is 0 Å². The number of rotatable bonds is 7. The third kappa shape index (κ3) is 4.79. The molecule has 16 heavy (non-hydrogen) atoms. The molecule has 3 nitrogen and oxygen atoms in total. The van der Waals surface area contributed by atoms with Gasteiger partial charge in [0.2, 0.25) is 0 Å². The molecule has 0 spiro atoms. The van der Waals surface area contributed by atoms with Crippen molar-refractivity contribution >= 4 is 17.4 Å². The number of nitrogens with zero attached hydrogens (tertiary/aromatic N) is 2. The molecule has 0 aliphatic carbocycles. The third-order valence-electron chi connectivity index (χ3n) is 2.56. The first-order valence-corrected chi connectivity index (χ1v) is 6.37. The molecule has 0 amide bonds. The highest BCUT2D eigenvalue weighted by atomic mass is 35.5. The number of hydrogen-bond donors (Lipinski definition) is 1. The van der Waals surface area contributed by atoms with Crippen LogP contribution in [0.5, 0.6) is 0 Å². The quantitative estimate of drug-likeness (QED) is 0.588. The van der Waals surface area contributed by atoms with Gasteiger partial charge in [0, 0.05) is 12.4 Å². The van der Waals surface area contributed by atoms with Gasteiger partial charge in [0.15, 0.2) is 0 Å². The van der Waals surface area contributed by atoms with E-state index in [0.717, 1.165) is 42.5 Å². The molecule has 90 valence electrons. The fraction of sp³-hybridized carbons (Fsp3) is 0.667. The largest absolute Gasteiger partial charge is 0.369 e. The van der Waals surface area contributed by atoms with Crippen LogP contribution >= 0.6 is 11.6 Å². The molecule has 0 atom stereocenters. The third-order valence-corrected chi connectivity index (χ3v) is 2.83. The van der Waals surface area contributed by atoms with Gasteiger partial charge in [-0.05, 0) is 26.7 Å². The van der Waals surface area contributed by atoms with Crippen molar-refractivity contribution in [3.05, 3.63) is 17.6 Å². The van der Waals surface area contributed by atoms with E-state index in [-0.39, 0.29) is 0 Å². The van der Waals surface area contributed by atoms with Gasteiger partial charge in [-0.2, -0.15) is 0 Å². The van der Waals surface area contributed by atoms with Crippen LogP contribution in [0.2, 0.25) is 0 Å². The Balaban J connectivity index is 2.19. The second-order valence-electron chi connectivity index (χ2n) is 3.96. The van der Waals surface area contributed by atoms with Gasteiger partial charge in [-0.1, -0.05) is 12.8 Å². The molecule has 1 aromatic rings. The SMILES string of the molecule is Cc1ncc(NCCCCCCCl)nc1C. The lowest BCUT2D eigenvalue weighted by atomic mass is 10.2. The summed E-state index contributed by atoms with van der Waals surface area (Å²) >= 11 is 5.61. The van der Waals surface area contributed by atoms with Gasteiger partial charge in [-0.25, -0.2) is 4.98 Å². The van der Waals surface area contributed by atoms with Crippen molar-refractivity contribution in [1.82, 2.24) is 9.97 Å². The molecule has 1 rings (SSSR count). The summed E-state index contributed by atoms with van der Waals surface area (Å²) in [4.78, 5) is 8.68. The van der Waals surface area contributed by atoms with Crippen molar-refractivity contribution in [1.29, 1.82) is 0 Å². The van der Waals surface area contributed by atoms with Crippen molar-refractivity contribution in [2.45, 2.75) is 39.5 Å². The summed E-state index contributed by atoms with van der Waals surface area (Å²) in [5.41, 5.74) is 1.99. The molecule has 0 radical (unpaired) electrons. The molecule has 4 heteroatoms. The summed E-state index contributed by atoms with van der Waals surface area (Å²) in [5, 5.41) is 3.28. The van der Waals surface area contributed by atoms with Crippen LogP contribution < -0.4 is 5.32 Å². The average molecular weight is 242 g/mol. The molecular weight excluding hydrogens is 222 g/mol. The Kier molecular flexibility index (Phi) is 6.16. The number of anilines is 1. The predicted molar refractivity (Wildman–Crippen MR) is 69.2 cm³/mol.